The topological polar surface area (TPSA) is 28.2 Å². The van der Waals surface area contributed by atoms with Gasteiger partial charge in [0.05, 0.1) is 11.9 Å². The lowest BCUT2D eigenvalue weighted by atomic mass is 10.1. The summed E-state index contributed by atoms with van der Waals surface area (Å²) in [5.74, 6) is 0. The predicted molar refractivity (Wildman–Crippen MR) is 67.7 cm³/mol. The number of rotatable bonds is 2. The van der Waals surface area contributed by atoms with Gasteiger partial charge in [-0.15, -0.1) is 0 Å². The fraction of sp³-hybridized carbons (Fsp3) is 0.615. The van der Waals surface area contributed by atoms with Crippen molar-refractivity contribution < 1.29 is 0 Å². The number of nitrogens with zero attached hydrogens (tertiary/aromatic N) is 2. The van der Waals surface area contributed by atoms with Crippen LogP contribution in [0, 0.1) is 6.92 Å². The van der Waals surface area contributed by atoms with Crippen molar-refractivity contribution in [2.24, 2.45) is 0 Å². The van der Waals surface area contributed by atoms with Crippen LogP contribution in [0.15, 0.2) is 18.3 Å². The van der Waals surface area contributed by atoms with Gasteiger partial charge in [-0.1, -0.05) is 0 Å². The Labute approximate surface area is 97.9 Å². The zero-order chi connectivity index (χ0) is 11.4. The van der Waals surface area contributed by atoms with E-state index >= 15 is 0 Å². The van der Waals surface area contributed by atoms with Crippen molar-refractivity contribution in [1.29, 1.82) is 0 Å². The predicted octanol–water partition coefficient (Wildman–Crippen LogP) is 2.29. The van der Waals surface area contributed by atoms with Crippen LogP contribution in [0.4, 0.5) is 5.69 Å². The third-order valence-corrected chi connectivity index (χ3v) is 3.23. The van der Waals surface area contributed by atoms with Crippen molar-refractivity contribution in [1.82, 2.24) is 9.88 Å². The molecule has 1 aliphatic rings. The van der Waals surface area contributed by atoms with Gasteiger partial charge in [0, 0.05) is 11.7 Å². The van der Waals surface area contributed by atoms with Gasteiger partial charge in [-0.3, -0.25) is 4.98 Å². The van der Waals surface area contributed by atoms with Gasteiger partial charge in [0.1, 0.15) is 0 Å². The van der Waals surface area contributed by atoms with E-state index in [-0.39, 0.29) is 0 Å². The highest BCUT2D eigenvalue weighted by Crippen LogP contribution is 2.15. The van der Waals surface area contributed by atoms with Gasteiger partial charge in [0.2, 0.25) is 0 Å². The van der Waals surface area contributed by atoms with Crippen molar-refractivity contribution in [3.63, 3.8) is 0 Å². The molecule has 3 nitrogen and oxygen atoms in total. The molecule has 0 saturated carbocycles. The zero-order valence-electron chi connectivity index (χ0n) is 10.2. The fourth-order valence-electron chi connectivity index (χ4n) is 2.17. The van der Waals surface area contributed by atoms with Gasteiger partial charge in [-0.05, 0) is 58.5 Å². The molecule has 1 N–H and O–H groups in total. The monoisotopic (exact) mass is 219 g/mol. The Balaban J connectivity index is 1.91. The number of aryl methyl sites for hydroxylation is 1. The molecule has 1 aromatic heterocycles. The summed E-state index contributed by atoms with van der Waals surface area (Å²) in [5.41, 5.74) is 2.23. The van der Waals surface area contributed by atoms with Crippen LogP contribution in [0.3, 0.4) is 0 Å². The second-order valence-electron chi connectivity index (χ2n) is 4.76. The standard InChI is InChI=1S/C13H21N3/c1-11-5-6-13(10-14-11)15-12-4-3-8-16(2)9-7-12/h5-6,10,12,15H,3-4,7-9H2,1-2H3. The van der Waals surface area contributed by atoms with Crippen LogP contribution < -0.4 is 5.32 Å². The van der Waals surface area contributed by atoms with E-state index in [4.69, 9.17) is 0 Å². The van der Waals surface area contributed by atoms with E-state index in [1.165, 1.54) is 32.4 Å². The Kier molecular flexibility index (Phi) is 3.78. The van der Waals surface area contributed by atoms with Gasteiger partial charge in [0.25, 0.3) is 0 Å². The highest BCUT2D eigenvalue weighted by molar-refractivity contribution is 5.41. The smallest absolute Gasteiger partial charge is 0.0529 e. The summed E-state index contributed by atoms with van der Waals surface area (Å²) in [4.78, 5) is 6.72. The van der Waals surface area contributed by atoms with E-state index in [9.17, 15) is 0 Å². The van der Waals surface area contributed by atoms with Crippen LogP contribution in [0.1, 0.15) is 25.0 Å². The Hall–Kier alpha value is -1.09. The van der Waals surface area contributed by atoms with E-state index < -0.39 is 0 Å². The molecule has 0 bridgehead atoms. The van der Waals surface area contributed by atoms with Gasteiger partial charge in [0.15, 0.2) is 0 Å². The molecular weight excluding hydrogens is 198 g/mol. The molecule has 1 aromatic rings. The second kappa shape index (κ2) is 5.30. The molecule has 1 unspecified atom stereocenters. The maximum absolute atomic E-state index is 4.31. The summed E-state index contributed by atoms with van der Waals surface area (Å²) in [5, 5.41) is 3.58. The van der Waals surface area contributed by atoms with E-state index in [1.807, 2.05) is 13.1 Å². The molecular formula is C13H21N3. The van der Waals surface area contributed by atoms with E-state index in [2.05, 4.69) is 34.4 Å². The quantitative estimate of drug-likeness (QED) is 0.827. The molecule has 16 heavy (non-hydrogen) atoms. The van der Waals surface area contributed by atoms with Crippen molar-refractivity contribution >= 4 is 5.69 Å². The van der Waals surface area contributed by atoms with Gasteiger partial charge in [-0.2, -0.15) is 0 Å². The number of hydrogen-bond acceptors (Lipinski definition) is 3. The molecule has 0 radical (unpaired) electrons. The first-order valence-electron chi connectivity index (χ1n) is 6.12. The summed E-state index contributed by atoms with van der Waals surface area (Å²) in [7, 11) is 2.20. The number of pyridine rings is 1. The third-order valence-electron chi connectivity index (χ3n) is 3.23. The maximum Gasteiger partial charge on any atom is 0.0529 e. The number of anilines is 1. The Bertz CT molecular complexity index is 320. The molecule has 0 aliphatic carbocycles. The van der Waals surface area contributed by atoms with Gasteiger partial charge < -0.3 is 10.2 Å². The van der Waals surface area contributed by atoms with Gasteiger partial charge in [-0.25, -0.2) is 0 Å². The number of aromatic nitrogens is 1. The lowest BCUT2D eigenvalue weighted by Crippen LogP contribution is -2.23. The normalized spacial score (nSPS) is 22.8. The minimum absolute atomic E-state index is 0.606. The molecule has 2 heterocycles. The molecule has 1 saturated heterocycles. The second-order valence-corrected chi connectivity index (χ2v) is 4.76. The number of hydrogen-bond donors (Lipinski definition) is 1. The first kappa shape index (κ1) is 11.4. The highest BCUT2D eigenvalue weighted by Gasteiger charge is 2.14. The van der Waals surface area contributed by atoms with Gasteiger partial charge >= 0.3 is 0 Å². The number of nitrogens with one attached hydrogen (secondary N) is 1. The van der Waals surface area contributed by atoms with Crippen LogP contribution in [0.2, 0.25) is 0 Å². The largest absolute Gasteiger partial charge is 0.381 e. The summed E-state index contributed by atoms with van der Waals surface area (Å²) in [6.45, 7) is 4.44. The Morgan fingerprint density at radius 3 is 2.94 bits per heavy atom. The molecule has 88 valence electrons. The zero-order valence-corrected chi connectivity index (χ0v) is 10.2. The first-order chi connectivity index (χ1) is 7.74. The summed E-state index contributed by atoms with van der Waals surface area (Å²) in [6, 6.07) is 4.79. The molecule has 0 aromatic carbocycles. The minimum atomic E-state index is 0.606. The van der Waals surface area contributed by atoms with E-state index in [0.717, 1.165) is 11.4 Å². The van der Waals surface area contributed by atoms with Crippen LogP contribution in [0.5, 0.6) is 0 Å². The average Bonchev–Trinajstić information content (AvgIpc) is 2.47. The van der Waals surface area contributed by atoms with Crippen LogP contribution in [-0.2, 0) is 0 Å². The molecule has 1 aliphatic heterocycles. The van der Waals surface area contributed by atoms with Crippen LogP contribution in [-0.4, -0.2) is 36.1 Å². The molecule has 1 atom stereocenters. The summed E-state index contributed by atoms with van der Waals surface area (Å²) < 4.78 is 0. The molecule has 1 fully saturated rings. The highest BCUT2D eigenvalue weighted by atomic mass is 15.1. The van der Waals surface area contributed by atoms with E-state index in [1.54, 1.807) is 0 Å². The average molecular weight is 219 g/mol. The third kappa shape index (κ3) is 3.20. The Morgan fingerprint density at radius 1 is 1.31 bits per heavy atom. The van der Waals surface area contributed by atoms with Crippen molar-refractivity contribution in [2.45, 2.75) is 32.2 Å². The lowest BCUT2D eigenvalue weighted by molar-refractivity contribution is 0.348. The minimum Gasteiger partial charge on any atom is -0.381 e. The van der Waals surface area contributed by atoms with Crippen molar-refractivity contribution in [2.75, 3.05) is 25.5 Å². The summed E-state index contributed by atoms with van der Waals surface area (Å²) >= 11 is 0. The lowest BCUT2D eigenvalue weighted by Gasteiger charge is -2.17. The van der Waals surface area contributed by atoms with Crippen LogP contribution >= 0.6 is 0 Å². The number of likely N-dealkylation sites (tertiary alicyclic amines) is 1. The Morgan fingerprint density at radius 2 is 2.19 bits per heavy atom. The summed E-state index contributed by atoms with van der Waals surface area (Å²) in [6.07, 6.45) is 5.71. The van der Waals surface area contributed by atoms with Crippen molar-refractivity contribution in [3.05, 3.63) is 24.0 Å². The molecule has 0 spiro atoms. The molecule has 2 rings (SSSR count). The first-order valence-corrected chi connectivity index (χ1v) is 6.12. The van der Waals surface area contributed by atoms with Crippen molar-refractivity contribution in [3.8, 4) is 0 Å². The molecule has 3 heteroatoms. The maximum atomic E-state index is 4.31. The SMILES string of the molecule is Cc1ccc(NC2CCCN(C)CC2)cn1. The molecule has 0 amide bonds. The fourth-order valence-corrected chi connectivity index (χ4v) is 2.17. The van der Waals surface area contributed by atoms with Crippen LogP contribution in [0.25, 0.3) is 0 Å². The van der Waals surface area contributed by atoms with E-state index in [0.29, 0.717) is 6.04 Å².